The third-order valence-electron chi connectivity index (χ3n) is 4.52. The van der Waals surface area contributed by atoms with Gasteiger partial charge in [-0.3, -0.25) is 4.79 Å². The predicted octanol–water partition coefficient (Wildman–Crippen LogP) is 4.23. The molecule has 0 radical (unpaired) electrons. The summed E-state index contributed by atoms with van der Waals surface area (Å²) in [7, 11) is -3.42. The fourth-order valence-corrected chi connectivity index (χ4v) is 4.86. The molecular formula is C19H13ClF3N3O3S. The van der Waals surface area contributed by atoms with Gasteiger partial charge in [0.1, 0.15) is 5.82 Å². The monoisotopic (exact) mass is 455 g/mol. The van der Waals surface area contributed by atoms with Crippen LogP contribution < -0.4 is 5.32 Å². The van der Waals surface area contributed by atoms with Crippen LogP contribution in [0.4, 0.5) is 19.0 Å². The molecule has 2 heterocycles. The maximum atomic E-state index is 13.0. The number of nitrogens with one attached hydrogen (secondary N) is 1. The number of carbonyl (C=O) groups is 1. The summed E-state index contributed by atoms with van der Waals surface area (Å²) in [6.45, 7) is 0. The molecule has 3 aromatic rings. The highest BCUT2D eigenvalue weighted by Crippen LogP contribution is 2.34. The number of rotatable bonds is 3. The van der Waals surface area contributed by atoms with Crippen molar-refractivity contribution in [1.82, 2.24) is 9.78 Å². The van der Waals surface area contributed by atoms with E-state index in [9.17, 15) is 26.4 Å². The van der Waals surface area contributed by atoms with Gasteiger partial charge < -0.3 is 5.32 Å². The van der Waals surface area contributed by atoms with Gasteiger partial charge in [-0.1, -0.05) is 23.7 Å². The Labute approximate surface area is 174 Å². The highest BCUT2D eigenvalue weighted by Gasteiger charge is 2.34. The molecule has 30 heavy (non-hydrogen) atoms. The lowest BCUT2D eigenvalue weighted by Crippen LogP contribution is -2.18. The molecular weight excluding hydrogens is 443 g/mol. The molecule has 0 saturated heterocycles. The van der Waals surface area contributed by atoms with Gasteiger partial charge in [-0.2, -0.15) is 18.3 Å². The van der Waals surface area contributed by atoms with E-state index < -0.39 is 27.5 Å². The number of fused-ring (bicyclic) bond motifs is 1. The average molecular weight is 456 g/mol. The lowest BCUT2D eigenvalue weighted by Gasteiger charge is -2.12. The minimum Gasteiger partial charge on any atom is -0.306 e. The standard InChI is InChI=1S/C19H13ClF3N3O3S/c20-13-5-2-6-14(8-13)26-17(15-9-30(28,29)10-16(15)25-26)24-18(27)11-3-1-4-12(7-11)19(21,22)23/h1-8H,9-10H2,(H,24,27). The number of sulfone groups is 1. The summed E-state index contributed by atoms with van der Waals surface area (Å²) >= 11 is 6.02. The van der Waals surface area contributed by atoms with Gasteiger partial charge in [0.15, 0.2) is 9.84 Å². The highest BCUT2D eigenvalue weighted by molar-refractivity contribution is 7.90. The highest BCUT2D eigenvalue weighted by atomic mass is 35.5. The quantitative estimate of drug-likeness (QED) is 0.641. The molecule has 1 N–H and O–H groups in total. The summed E-state index contributed by atoms with van der Waals surface area (Å²) in [5.74, 6) is -1.36. The first-order valence-corrected chi connectivity index (χ1v) is 10.8. The minimum absolute atomic E-state index is 0.0794. The molecule has 1 aliphatic heterocycles. The Hall–Kier alpha value is -2.85. The minimum atomic E-state index is -4.60. The first-order chi connectivity index (χ1) is 14.0. The first kappa shape index (κ1) is 20.4. The van der Waals surface area contributed by atoms with Crippen LogP contribution in [-0.2, 0) is 27.5 Å². The maximum absolute atomic E-state index is 13.0. The van der Waals surface area contributed by atoms with Gasteiger partial charge in [0.05, 0.1) is 28.5 Å². The molecule has 1 aromatic heterocycles. The fraction of sp³-hybridized carbons (Fsp3) is 0.158. The SMILES string of the molecule is O=C(Nc1c2c(nn1-c1cccc(Cl)c1)CS(=O)(=O)C2)c1cccc(C(F)(F)F)c1. The lowest BCUT2D eigenvalue weighted by atomic mass is 10.1. The zero-order chi connectivity index (χ0) is 21.7. The predicted molar refractivity (Wildman–Crippen MR) is 104 cm³/mol. The number of benzene rings is 2. The molecule has 156 valence electrons. The van der Waals surface area contributed by atoms with E-state index in [0.29, 0.717) is 16.3 Å². The Balaban J connectivity index is 1.76. The van der Waals surface area contributed by atoms with Crippen molar-refractivity contribution in [3.8, 4) is 5.69 Å². The van der Waals surface area contributed by atoms with Gasteiger partial charge in [0, 0.05) is 16.1 Å². The van der Waals surface area contributed by atoms with E-state index in [2.05, 4.69) is 10.4 Å². The van der Waals surface area contributed by atoms with Crippen molar-refractivity contribution in [1.29, 1.82) is 0 Å². The third-order valence-corrected chi connectivity index (χ3v) is 6.20. The first-order valence-electron chi connectivity index (χ1n) is 8.59. The van der Waals surface area contributed by atoms with Gasteiger partial charge in [-0.05, 0) is 36.4 Å². The van der Waals surface area contributed by atoms with Crippen LogP contribution >= 0.6 is 11.6 Å². The van der Waals surface area contributed by atoms with E-state index >= 15 is 0 Å². The Morgan fingerprint density at radius 2 is 1.83 bits per heavy atom. The van der Waals surface area contributed by atoms with E-state index in [-0.39, 0.29) is 28.6 Å². The van der Waals surface area contributed by atoms with Gasteiger partial charge in [-0.25, -0.2) is 13.1 Å². The number of anilines is 1. The smallest absolute Gasteiger partial charge is 0.306 e. The molecule has 0 unspecified atom stereocenters. The van der Waals surface area contributed by atoms with Crippen molar-refractivity contribution in [2.24, 2.45) is 0 Å². The Bertz CT molecular complexity index is 1270. The summed E-state index contributed by atoms with van der Waals surface area (Å²) in [6, 6.07) is 10.5. The zero-order valence-corrected chi connectivity index (χ0v) is 16.6. The zero-order valence-electron chi connectivity index (χ0n) is 15.1. The molecule has 4 rings (SSSR count). The van der Waals surface area contributed by atoms with Crippen LogP contribution in [0.25, 0.3) is 5.69 Å². The Kier molecular flexibility index (Phi) is 4.86. The molecule has 0 saturated carbocycles. The number of nitrogens with zero attached hydrogens (tertiary/aromatic N) is 2. The fourth-order valence-electron chi connectivity index (χ4n) is 3.18. The molecule has 0 aliphatic carbocycles. The van der Waals surface area contributed by atoms with Crippen LogP contribution in [0.1, 0.15) is 27.2 Å². The van der Waals surface area contributed by atoms with Gasteiger partial charge in [0.2, 0.25) is 0 Å². The number of hydrogen-bond donors (Lipinski definition) is 1. The van der Waals surface area contributed by atoms with Crippen molar-refractivity contribution >= 4 is 33.2 Å². The number of halogens is 4. The normalized spacial score (nSPS) is 15.1. The molecule has 0 bridgehead atoms. The summed E-state index contributed by atoms with van der Waals surface area (Å²) in [6.07, 6.45) is -4.60. The summed E-state index contributed by atoms with van der Waals surface area (Å²) in [5, 5.41) is 7.21. The van der Waals surface area contributed by atoms with Crippen molar-refractivity contribution in [3.63, 3.8) is 0 Å². The summed E-state index contributed by atoms with van der Waals surface area (Å²) in [5.41, 5.74) is -0.150. The van der Waals surface area contributed by atoms with E-state index in [1.54, 1.807) is 24.3 Å². The van der Waals surface area contributed by atoms with E-state index in [4.69, 9.17) is 11.6 Å². The maximum Gasteiger partial charge on any atom is 0.416 e. The number of carbonyl (C=O) groups excluding carboxylic acids is 1. The number of hydrogen-bond acceptors (Lipinski definition) is 4. The topological polar surface area (TPSA) is 81.1 Å². The molecule has 6 nitrogen and oxygen atoms in total. The molecule has 11 heteroatoms. The van der Waals surface area contributed by atoms with Crippen LogP contribution in [0.3, 0.4) is 0 Å². The Morgan fingerprint density at radius 1 is 1.10 bits per heavy atom. The van der Waals surface area contributed by atoms with Crippen molar-refractivity contribution < 1.29 is 26.4 Å². The second kappa shape index (κ2) is 7.13. The van der Waals surface area contributed by atoms with Crippen LogP contribution in [0.5, 0.6) is 0 Å². The second-order valence-electron chi connectivity index (χ2n) is 6.73. The summed E-state index contributed by atoms with van der Waals surface area (Å²) in [4.78, 5) is 12.7. The van der Waals surface area contributed by atoms with E-state index in [1.807, 2.05) is 0 Å². The van der Waals surface area contributed by atoms with Crippen molar-refractivity contribution in [3.05, 3.63) is 75.9 Å². The van der Waals surface area contributed by atoms with Crippen LogP contribution in [0, 0.1) is 0 Å². The lowest BCUT2D eigenvalue weighted by molar-refractivity contribution is -0.137. The van der Waals surface area contributed by atoms with Gasteiger partial charge in [-0.15, -0.1) is 0 Å². The van der Waals surface area contributed by atoms with Crippen LogP contribution in [0.2, 0.25) is 5.02 Å². The number of amides is 1. The Morgan fingerprint density at radius 3 is 2.53 bits per heavy atom. The molecule has 0 fully saturated rings. The number of aromatic nitrogens is 2. The van der Waals surface area contributed by atoms with E-state index in [1.165, 1.54) is 10.7 Å². The molecule has 1 aliphatic rings. The molecule has 0 atom stereocenters. The van der Waals surface area contributed by atoms with Crippen molar-refractivity contribution in [2.45, 2.75) is 17.7 Å². The summed E-state index contributed by atoms with van der Waals surface area (Å²) < 4.78 is 64.3. The largest absolute Gasteiger partial charge is 0.416 e. The molecule has 2 aromatic carbocycles. The van der Waals surface area contributed by atoms with E-state index in [0.717, 1.165) is 18.2 Å². The number of alkyl halides is 3. The average Bonchev–Trinajstić information content (AvgIpc) is 3.13. The third kappa shape index (κ3) is 3.92. The van der Waals surface area contributed by atoms with Gasteiger partial charge >= 0.3 is 6.18 Å². The molecule has 1 amide bonds. The van der Waals surface area contributed by atoms with Gasteiger partial charge in [0.25, 0.3) is 5.91 Å². The second-order valence-corrected chi connectivity index (χ2v) is 9.23. The van der Waals surface area contributed by atoms with Crippen LogP contribution in [-0.4, -0.2) is 24.1 Å². The van der Waals surface area contributed by atoms with Crippen molar-refractivity contribution in [2.75, 3.05) is 5.32 Å². The molecule has 0 spiro atoms. The van der Waals surface area contributed by atoms with Crippen LogP contribution in [0.15, 0.2) is 48.5 Å².